The molecule has 2 aliphatic rings. The maximum atomic E-state index is 13.6. The van der Waals surface area contributed by atoms with Crippen LogP contribution in [0.2, 0.25) is 0 Å². The molecule has 3 heterocycles. The summed E-state index contributed by atoms with van der Waals surface area (Å²) in [5.74, 6) is 0.790. The lowest BCUT2D eigenvalue weighted by Gasteiger charge is -2.31. The van der Waals surface area contributed by atoms with E-state index in [2.05, 4.69) is 30.3 Å². The van der Waals surface area contributed by atoms with Crippen molar-refractivity contribution >= 4 is 34.4 Å². The molecule has 6 rings (SSSR count). The number of hydrogen-bond donors (Lipinski definition) is 0. The van der Waals surface area contributed by atoms with Crippen molar-refractivity contribution in [2.75, 3.05) is 7.11 Å². The molecule has 0 spiro atoms. The summed E-state index contributed by atoms with van der Waals surface area (Å²) in [5, 5.41) is 2.03. The van der Waals surface area contributed by atoms with Crippen LogP contribution in [0.1, 0.15) is 34.0 Å². The average molecular weight is 457 g/mol. The monoisotopic (exact) mass is 456 g/mol. The van der Waals surface area contributed by atoms with Crippen LogP contribution in [0.4, 0.5) is 0 Å². The first-order chi connectivity index (χ1) is 15.7. The molecule has 2 aromatic carbocycles. The van der Waals surface area contributed by atoms with Crippen molar-refractivity contribution in [3.05, 3.63) is 113 Å². The number of thiazole rings is 1. The molecule has 4 nitrogen and oxygen atoms in total. The minimum absolute atomic E-state index is 0.0142. The second-order valence-electron chi connectivity index (χ2n) is 7.91. The Bertz CT molecular complexity index is 1540. The molecule has 1 unspecified atom stereocenters. The van der Waals surface area contributed by atoms with E-state index in [9.17, 15) is 4.79 Å². The highest BCUT2D eigenvalue weighted by atomic mass is 32.1. The molecule has 1 aliphatic heterocycles. The molecule has 158 valence electrons. The number of thiophene rings is 1. The third-order valence-corrected chi connectivity index (χ3v) is 7.90. The van der Waals surface area contributed by atoms with E-state index in [4.69, 9.17) is 9.73 Å². The molecule has 0 amide bonds. The minimum Gasteiger partial charge on any atom is -0.497 e. The molecule has 0 saturated carbocycles. The molecule has 0 N–H and O–H groups in total. The lowest BCUT2D eigenvalue weighted by Crippen LogP contribution is -2.38. The van der Waals surface area contributed by atoms with Gasteiger partial charge in [-0.2, -0.15) is 0 Å². The van der Waals surface area contributed by atoms with Gasteiger partial charge in [0.25, 0.3) is 5.56 Å². The lowest BCUT2D eigenvalue weighted by molar-refractivity contribution is 0.413. The highest BCUT2D eigenvalue weighted by molar-refractivity contribution is 7.11. The van der Waals surface area contributed by atoms with Gasteiger partial charge in [0, 0.05) is 10.4 Å². The van der Waals surface area contributed by atoms with Crippen molar-refractivity contribution in [1.82, 2.24) is 4.57 Å². The standard InChI is InChI=1S/C26H20N2O2S2/c1-30-18-8-4-7-17(14-18)24-21-12-11-16-6-2-3-10-20(16)23(21)27-26-28(24)25(29)22(32-26)15-19-9-5-13-31-19/h2-10,13-15,24H,11-12H2,1H3. The number of aromatic nitrogens is 1. The smallest absolute Gasteiger partial charge is 0.271 e. The summed E-state index contributed by atoms with van der Waals surface area (Å²) in [7, 11) is 1.67. The number of aryl methyl sites for hydroxylation is 1. The zero-order valence-electron chi connectivity index (χ0n) is 17.4. The topological polar surface area (TPSA) is 43.6 Å². The van der Waals surface area contributed by atoms with Gasteiger partial charge in [-0.1, -0.05) is 53.8 Å². The lowest BCUT2D eigenvalue weighted by atomic mass is 9.83. The molecule has 4 aromatic rings. The maximum Gasteiger partial charge on any atom is 0.271 e. The molecule has 0 saturated heterocycles. The summed E-state index contributed by atoms with van der Waals surface area (Å²) < 4.78 is 8.10. The van der Waals surface area contributed by atoms with Gasteiger partial charge in [0.1, 0.15) is 5.75 Å². The molecule has 0 radical (unpaired) electrons. The van der Waals surface area contributed by atoms with E-state index < -0.39 is 0 Å². The number of allylic oxidation sites excluding steroid dienone is 1. The van der Waals surface area contributed by atoms with Gasteiger partial charge in [-0.25, -0.2) is 4.99 Å². The SMILES string of the molecule is COc1cccc(C2C3=C(N=c4sc(=Cc5cccs5)c(=O)n42)c2ccccc2CC3)c1. The van der Waals surface area contributed by atoms with E-state index >= 15 is 0 Å². The Balaban J connectivity index is 1.65. The predicted molar refractivity (Wildman–Crippen MR) is 130 cm³/mol. The molecule has 0 bridgehead atoms. The predicted octanol–water partition coefficient (Wildman–Crippen LogP) is 4.39. The van der Waals surface area contributed by atoms with E-state index in [1.165, 1.54) is 28.0 Å². The summed E-state index contributed by atoms with van der Waals surface area (Å²) in [6.07, 6.45) is 3.81. The Labute approximate surface area is 193 Å². The van der Waals surface area contributed by atoms with Crippen LogP contribution >= 0.6 is 22.7 Å². The van der Waals surface area contributed by atoms with Crippen LogP contribution < -0.4 is 19.6 Å². The van der Waals surface area contributed by atoms with Gasteiger partial charge in [-0.05, 0) is 59.2 Å². The van der Waals surface area contributed by atoms with E-state index in [0.717, 1.165) is 39.5 Å². The second-order valence-corrected chi connectivity index (χ2v) is 9.89. The average Bonchev–Trinajstić information content (AvgIpc) is 3.46. The van der Waals surface area contributed by atoms with Gasteiger partial charge in [-0.15, -0.1) is 11.3 Å². The number of benzene rings is 2. The third kappa shape index (κ3) is 3.10. The highest BCUT2D eigenvalue weighted by Crippen LogP contribution is 2.41. The Morgan fingerprint density at radius 1 is 1.09 bits per heavy atom. The Kier molecular flexibility index (Phi) is 4.70. The normalized spacial score (nSPS) is 17.4. The van der Waals surface area contributed by atoms with E-state index in [-0.39, 0.29) is 11.6 Å². The second kappa shape index (κ2) is 7.73. The molecular weight excluding hydrogens is 436 g/mol. The van der Waals surface area contributed by atoms with Gasteiger partial charge < -0.3 is 4.74 Å². The quantitative estimate of drug-likeness (QED) is 0.459. The van der Waals surface area contributed by atoms with Gasteiger partial charge >= 0.3 is 0 Å². The van der Waals surface area contributed by atoms with Crippen molar-refractivity contribution < 1.29 is 4.74 Å². The summed E-state index contributed by atoms with van der Waals surface area (Å²) in [6, 6.07) is 20.4. The maximum absolute atomic E-state index is 13.6. The third-order valence-electron chi connectivity index (χ3n) is 6.10. The number of fused-ring (bicyclic) bond motifs is 3. The zero-order chi connectivity index (χ0) is 21.7. The first-order valence-corrected chi connectivity index (χ1v) is 12.2. The zero-order valence-corrected chi connectivity index (χ0v) is 19.1. The first-order valence-electron chi connectivity index (χ1n) is 10.5. The largest absolute Gasteiger partial charge is 0.497 e. The number of rotatable bonds is 3. The summed E-state index contributed by atoms with van der Waals surface area (Å²) in [6.45, 7) is 0. The van der Waals surface area contributed by atoms with Gasteiger partial charge in [0.15, 0.2) is 4.80 Å². The van der Waals surface area contributed by atoms with Crippen LogP contribution in [-0.2, 0) is 6.42 Å². The Morgan fingerprint density at radius 2 is 2.00 bits per heavy atom. The summed E-state index contributed by atoms with van der Waals surface area (Å²) in [5.41, 5.74) is 5.78. The van der Waals surface area contributed by atoms with Crippen LogP contribution in [0.5, 0.6) is 5.75 Å². The van der Waals surface area contributed by atoms with E-state index in [1.54, 1.807) is 18.4 Å². The van der Waals surface area contributed by atoms with Crippen LogP contribution in [-0.4, -0.2) is 11.7 Å². The fourth-order valence-electron chi connectivity index (χ4n) is 4.64. The number of ether oxygens (including phenoxy) is 1. The molecule has 2 aromatic heterocycles. The number of nitrogens with zero attached hydrogens (tertiary/aromatic N) is 2. The Hall–Kier alpha value is -3.22. The fourth-order valence-corrected chi connectivity index (χ4v) is 6.36. The van der Waals surface area contributed by atoms with Crippen LogP contribution in [0.15, 0.2) is 81.4 Å². The van der Waals surface area contributed by atoms with Gasteiger partial charge in [0.2, 0.25) is 0 Å². The van der Waals surface area contributed by atoms with Gasteiger partial charge in [0.05, 0.1) is 23.4 Å². The minimum atomic E-state index is -0.185. The number of methoxy groups -OCH3 is 1. The number of hydrogen-bond acceptors (Lipinski definition) is 5. The summed E-state index contributed by atoms with van der Waals surface area (Å²) >= 11 is 3.10. The van der Waals surface area contributed by atoms with E-state index in [1.807, 2.05) is 46.4 Å². The molecule has 1 aliphatic carbocycles. The highest BCUT2D eigenvalue weighted by Gasteiger charge is 2.32. The Morgan fingerprint density at radius 3 is 2.84 bits per heavy atom. The van der Waals surface area contributed by atoms with Crippen LogP contribution in [0.3, 0.4) is 0 Å². The molecule has 0 fully saturated rings. The fraction of sp³-hybridized carbons (Fsp3) is 0.154. The van der Waals surface area contributed by atoms with E-state index in [0.29, 0.717) is 4.53 Å². The molecular formula is C26H20N2O2S2. The van der Waals surface area contributed by atoms with Crippen LogP contribution in [0, 0.1) is 0 Å². The van der Waals surface area contributed by atoms with Crippen molar-refractivity contribution in [3.8, 4) is 5.75 Å². The van der Waals surface area contributed by atoms with Crippen LogP contribution in [0.25, 0.3) is 11.8 Å². The first kappa shape index (κ1) is 19.5. The molecule has 1 atom stereocenters. The van der Waals surface area contributed by atoms with Crippen molar-refractivity contribution in [2.45, 2.75) is 18.9 Å². The summed E-state index contributed by atoms with van der Waals surface area (Å²) in [4.78, 5) is 20.5. The van der Waals surface area contributed by atoms with Crippen molar-refractivity contribution in [2.24, 2.45) is 4.99 Å². The van der Waals surface area contributed by atoms with Crippen molar-refractivity contribution in [1.29, 1.82) is 0 Å². The molecule has 32 heavy (non-hydrogen) atoms. The molecule has 6 heteroatoms. The van der Waals surface area contributed by atoms with Gasteiger partial charge in [-0.3, -0.25) is 9.36 Å². The van der Waals surface area contributed by atoms with Crippen molar-refractivity contribution in [3.63, 3.8) is 0 Å².